The predicted molar refractivity (Wildman–Crippen MR) is 72.2 cm³/mol. The number of hydrogen-bond acceptors (Lipinski definition) is 2. The third-order valence-electron chi connectivity index (χ3n) is 2.63. The Morgan fingerprint density at radius 2 is 1.94 bits per heavy atom. The molecule has 0 aliphatic carbocycles. The first-order chi connectivity index (χ1) is 8.58. The van der Waals surface area contributed by atoms with Crippen LogP contribution in [0.1, 0.15) is 35.9 Å². The molecule has 0 bridgehead atoms. The van der Waals surface area contributed by atoms with Gasteiger partial charge in [0.1, 0.15) is 0 Å². The van der Waals surface area contributed by atoms with Gasteiger partial charge in [-0.2, -0.15) is 0 Å². The van der Waals surface area contributed by atoms with Crippen molar-refractivity contribution >= 4 is 23.2 Å². The molecule has 0 saturated carbocycles. The van der Waals surface area contributed by atoms with Crippen LogP contribution in [0.2, 0.25) is 5.22 Å². The number of nitrogens with one attached hydrogen (secondary N) is 1. The lowest BCUT2D eigenvalue weighted by Crippen LogP contribution is -2.12. The van der Waals surface area contributed by atoms with Crippen LogP contribution >= 0.6 is 11.6 Å². The molecule has 1 N–H and O–H groups in total. The molecular formula is C14H14ClNO2. The molecule has 2 rings (SSSR count). The lowest BCUT2D eigenvalue weighted by molar-refractivity contribution is 0.0996. The number of carbonyl (C=O) groups excluding carboxylic acids is 1. The van der Waals surface area contributed by atoms with Crippen molar-refractivity contribution in [2.24, 2.45) is 0 Å². The lowest BCUT2D eigenvalue weighted by Gasteiger charge is -2.12. The van der Waals surface area contributed by atoms with Gasteiger partial charge in [0.15, 0.2) is 11.0 Å². The molecule has 3 nitrogen and oxygen atoms in total. The molecule has 94 valence electrons. The highest BCUT2D eigenvalue weighted by atomic mass is 35.5. The van der Waals surface area contributed by atoms with E-state index in [-0.39, 0.29) is 16.9 Å². The smallest absolute Gasteiger partial charge is 0.291 e. The van der Waals surface area contributed by atoms with E-state index in [4.69, 9.17) is 16.0 Å². The van der Waals surface area contributed by atoms with Crippen LogP contribution in [-0.2, 0) is 0 Å². The van der Waals surface area contributed by atoms with Crippen molar-refractivity contribution in [1.82, 2.24) is 0 Å². The molecule has 0 aliphatic rings. The van der Waals surface area contributed by atoms with Crippen LogP contribution in [-0.4, -0.2) is 5.91 Å². The van der Waals surface area contributed by atoms with Gasteiger partial charge in [0, 0.05) is 5.69 Å². The van der Waals surface area contributed by atoms with Crippen LogP contribution in [0.5, 0.6) is 0 Å². The number of halogens is 1. The second-order valence-electron chi connectivity index (χ2n) is 4.30. The summed E-state index contributed by atoms with van der Waals surface area (Å²) in [6.07, 6.45) is 0. The van der Waals surface area contributed by atoms with Gasteiger partial charge in [-0.1, -0.05) is 32.0 Å². The Morgan fingerprint density at radius 3 is 2.56 bits per heavy atom. The summed E-state index contributed by atoms with van der Waals surface area (Å²) in [5.41, 5.74) is 1.88. The third kappa shape index (κ3) is 2.74. The molecule has 18 heavy (non-hydrogen) atoms. The topological polar surface area (TPSA) is 42.2 Å². The Labute approximate surface area is 111 Å². The monoisotopic (exact) mass is 263 g/mol. The van der Waals surface area contributed by atoms with Crippen molar-refractivity contribution in [3.05, 3.63) is 52.9 Å². The van der Waals surface area contributed by atoms with Crippen LogP contribution in [0.25, 0.3) is 0 Å². The van der Waals surface area contributed by atoms with Gasteiger partial charge in [0.2, 0.25) is 0 Å². The predicted octanol–water partition coefficient (Wildman–Crippen LogP) is 4.31. The SMILES string of the molecule is CC(C)c1ccccc1NC(=O)c1ccc(Cl)o1. The standard InChI is InChI=1S/C14H14ClNO2/c1-9(2)10-5-3-4-6-11(10)16-14(17)12-7-8-13(15)18-12/h3-9H,1-2H3,(H,16,17). The zero-order valence-corrected chi connectivity index (χ0v) is 11.0. The summed E-state index contributed by atoms with van der Waals surface area (Å²) in [5.74, 6) is 0.246. The summed E-state index contributed by atoms with van der Waals surface area (Å²) < 4.78 is 5.07. The van der Waals surface area contributed by atoms with E-state index in [0.29, 0.717) is 5.92 Å². The minimum absolute atomic E-state index is 0.206. The minimum Gasteiger partial charge on any atom is -0.440 e. The van der Waals surface area contributed by atoms with E-state index in [9.17, 15) is 4.79 Å². The number of amides is 1. The van der Waals surface area contributed by atoms with Crippen LogP contribution < -0.4 is 5.32 Å². The lowest BCUT2D eigenvalue weighted by atomic mass is 10.0. The molecule has 1 aromatic heterocycles. The van der Waals surface area contributed by atoms with Gasteiger partial charge in [-0.3, -0.25) is 4.79 Å². The van der Waals surface area contributed by atoms with Crippen LogP contribution in [0.3, 0.4) is 0 Å². The molecule has 1 amide bonds. The fourth-order valence-corrected chi connectivity index (χ4v) is 1.88. The zero-order chi connectivity index (χ0) is 13.1. The van der Waals surface area contributed by atoms with Gasteiger partial charge >= 0.3 is 0 Å². The average molecular weight is 264 g/mol. The highest BCUT2D eigenvalue weighted by Gasteiger charge is 2.13. The Kier molecular flexibility index (Phi) is 3.72. The molecule has 0 fully saturated rings. The average Bonchev–Trinajstić information content (AvgIpc) is 2.76. The Bertz CT molecular complexity index is 560. The van der Waals surface area contributed by atoms with Crippen molar-refractivity contribution in [3.8, 4) is 0 Å². The second kappa shape index (κ2) is 5.27. The van der Waals surface area contributed by atoms with E-state index < -0.39 is 0 Å². The van der Waals surface area contributed by atoms with Crippen LogP contribution in [0, 0.1) is 0 Å². The van der Waals surface area contributed by atoms with Crippen LogP contribution in [0.4, 0.5) is 5.69 Å². The number of benzene rings is 1. The Balaban J connectivity index is 2.22. The van der Waals surface area contributed by atoms with Crippen molar-refractivity contribution < 1.29 is 9.21 Å². The quantitative estimate of drug-likeness (QED) is 0.897. The highest BCUT2D eigenvalue weighted by Crippen LogP contribution is 2.24. The normalized spacial score (nSPS) is 10.7. The fraction of sp³-hybridized carbons (Fsp3) is 0.214. The molecule has 4 heteroatoms. The molecule has 0 unspecified atom stereocenters. The molecule has 0 spiro atoms. The summed E-state index contributed by atoms with van der Waals surface area (Å²) in [6.45, 7) is 4.16. The molecule has 0 aliphatic heterocycles. The summed E-state index contributed by atoms with van der Waals surface area (Å²) in [6, 6.07) is 10.8. The van der Waals surface area contributed by atoms with Gasteiger partial charge in [-0.05, 0) is 41.3 Å². The molecule has 1 heterocycles. The highest BCUT2D eigenvalue weighted by molar-refractivity contribution is 6.29. The second-order valence-corrected chi connectivity index (χ2v) is 4.67. The van der Waals surface area contributed by atoms with Gasteiger partial charge in [-0.25, -0.2) is 0 Å². The first-order valence-electron chi connectivity index (χ1n) is 5.73. The maximum atomic E-state index is 11.9. The number of anilines is 1. The van der Waals surface area contributed by atoms with E-state index in [0.717, 1.165) is 11.3 Å². The van der Waals surface area contributed by atoms with Gasteiger partial charge < -0.3 is 9.73 Å². The van der Waals surface area contributed by atoms with Gasteiger partial charge in [0.25, 0.3) is 5.91 Å². The molecule has 1 aromatic carbocycles. The molecule has 0 atom stereocenters. The molecular weight excluding hydrogens is 250 g/mol. The molecule has 0 radical (unpaired) electrons. The van der Waals surface area contributed by atoms with Crippen LogP contribution in [0.15, 0.2) is 40.8 Å². The minimum atomic E-state index is -0.296. The number of para-hydroxylation sites is 1. The first-order valence-corrected chi connectivity index (χ1v) is 6.11. The molecule has 0 saturated heterocycles. The summed E-state index contributed by atoms with van der Waals surface area (Å²) in [5, 5.41) is 3.04. The van der Waals surface area contributed by atoms with E-state index in [1.165, 1.54) is 0 Å². The van der Waals surface area contributed by atoms with E-state index in [1.54, 1.807) is 12.1 Å². The number of rotatable bonds is 3. The zero-order valence-electron chi connectivity index (χ0n) is 10.2. The van der Waals surface area contributed by atoms with E-state index >= 15 is 0 Å². The van der Waals surface area contributed by atoms with E-state index in [2.05, 4.69) is 19.2 Å². The maximum absolute atomic E-state index is 11.9. The third-order valence-corrected chi connectivity index (χ3v) is 2.83. The summed E-state index contributed by atoms with van der Waals surface area (Å²) in [4.78, 5) is 11.9. The van der Waals surface area contributed by atoms with Crippen molar-refractivity contribution in [3.63, 3.8) is 0 Å². The van der Waals surface area contributed by atoms with Gasteiger partial charge in [-0.15, -0.1) is 0 Å². The fourth-order valence-electron chi connectivity index (χ4n) is 1.73. The number of carbonyl (C=O) groups is 1. The maximum Gasteiger partial charge on any atom is 0.291 e. The summed E-state index contributed by atoms with van der Waals surface area (Å²) >= 11 is 5.64. The van der Waals surface area contributed by atoms with Crippen molar-refractivity contribution in [2.75, 3.05) is 5.32 Å². The number of hydrogen-bond donors (Lipinski definition) is 1. The largest absolute Gasteiger partial charge is 0.440 e. The van der Waals surface area contributed by atoms with Crippen molar-refractivity contribution in [2.45, 2.75) is 19.8 Å². The summed E-state index contributed by atoms with van der Waals surface area (Å²) in [7, 11) is 0. The van der Waals surface area contributed by atoms with E-state index in [1.807, 2.05) is 24.3 Å². The first kappa shape index (κ1) is 12.7. The van der Waals surface area contributed by atoms with Crippen molar-refractivity contribution in [1.29, 1.82) is 0 Å². The van der Waals surface area contributed by atoms with Gasteiger partial charge in [0.05, 0.1) is 0 Å². The Hall–Kier alpha value is -1.74. The molecule has 2 aromatic rings. The Morgan fingerprint density at radius 1 is 1.22 bits per heavy atom. The number of furan rings is 1.